The lowest BCUT2D eigenvalue weighted by molar-refractivity contribution is -0.128. The van der Waals surface area contributed by atoms with Crippen LogP contribution in [0, 0.1) is 0 Å². The first-order valence-corrected chi connectivity index (χ1v) is 9.72. The summed E-state index contributed by atoms with van der Waals surface area (Å²) >= 11 is 6.03. The number of amides is 2. The fourth-order valence-corrected chi connectivity index (χ4v) is 2.87. The molecular formula is C24H19ClN2O4. The number of nitrogens with one attached hydrogen (secondary N) is 2. The van der Waals surface area contributed by atoms with Gasteiger partial charge in [-0.25, -0.2) is 4.79 Å². The smallest absolute Gasteiger partial charge is 0.336 e. The lowest BCUT2D eigenvalue weighted by Crippen LogP contribution is -2.12. The van der Waals surface area contributed by atoms with Crippen LogP contribution in [0.25, 0.3) is 6.08 Å². The maximum absolute atomic E-state index is 12.3. The average Bonchev–Trinajstić information content (AvgIpc) is 2.74. The predicted octanol–water partition coefficient (Wildman–Crippen LogP) is 5.17. The number of ether oxygens (including phenoxy) is 1. The predicted molar refractivity (Wildman–Crippen MR) is 121 cm³/mol. The second-order valence-electron chi connectivity index (χ2n) is 6.52. The summed E-state index contributed by atoms with van der Waals surface area (Å²) < 4.78 is 5.26. The van der Waals surface area contributed by atoms with Crippen LogP contribution < -0.4 is 15.4 Å². The van der Waals surface area contributed by atoms with Gasteiger partial charge in [0, 0.05) is 24.4 Å². The standard InChI is InChI=1S/C24H19ClN2O4/c1-16(28)26-18-9-6-17(7-10-18)8-15-23(29)31-20-13-11-19(12-14-20)27-24(30)21-4-2-3-5-22(21)25/h2-15H,1H3,(H,26,28)(H,27,30)/b15-8+. The molecule has 0 aromatic heterocycles. The number of benzene rings is 3. The Morgan fingerprint density at radius 3 is 2.10 bits per heavy atom. The molecule has 3 aromatic rings. The summed E-state index contributed by atoms with van der Waals surface area (Å²) in [4.78, 5) is 35.3. The van der Waals surface area contributed by atoms with E-state index in [1.54, 1.807) is 78.9 Å². The molecule has 0 saturated heterocycles. The molecule has 0 heterocycles. The van der Waals surface area contributed by atoms with Gasteiger partial charge < -0.3 is 15.4 Å². The summed E-state index contributed by atoms with van der Waals surface area (Å²) in [6, 6.07) is 20.2. The molecule has 2 amide bonds. The van der Waals surface area contributed by atoms with Crippen LogP contribution in [-0.2, 0) is 9.59 Å². The molecule has 2 N–H and O–H groups in total. The van der Waals surface area contributed by atoms with E-state index in [4.69, 9.17) is 16.3 Å². The highest BCUT2D eigenvalue weighted by molar-refractivity contribution is 6.34. The van der Waals surface area contributed by atoms with E-state index in [2.05, 4.69) is 10.6 Å². The molecule has 0 unspecified atom stereocenters. The van der Waals surface area contributed by atoms with Gasteiger partial charge in [0.1, 0.15) is 5.75 Å². The van der Waals surface area contributed by atoms with E-state index in [9.17, 15) is 14.4 Å². The zero-order valence-corrected chi connectivity index (χ0v) is 17.3. The maximum atomic E-state index is 12.3. The molecule has 0 aliphatic carbocycles. The van der Waals surface area contributed by atoms with Crippen LogP contribution in [0.5, 0.6) is 5.75 Å². The van der Waals surface area contributed by atoms with Crippen LogP contribution in [0.1, 0.15) is 22.8 Å². The van der Waals surface area contributed by atoms with Gasteiger partial charge in [0.05, 0.1) is 10.6 Å². The number of hydrogen-bond acceptors (Lipinski definition) is 4. The largest absolute Gasteiger partial charge is 0.423 e. The monoisotopic (exact) mass is 434 g/mol. The topological polar surface area (TPSA) is 84.5 Å². The number of anilines is 2. The van der Waals surface area contributed by atoms with Gasteiger partial charge in [0.25, 0.3) is 5.91 Å². The summed E-state index contributed by atoms with van der Waals surface area (Å²) in [5, 5.41) is 5.77. The molecule has 3 aromatic carbocycles. The number of esters is 1. The molecule has 0 aliphatic rings. The summed E-state index contributed by atoms with van der Waals surface area (Å²) in [7, 11) is 0. The minimum absolute atomic E-state index is 0.152. The van der Waals surface area contributed by atoms with Crippen molar-refractivity contribution in [1.29, 1.82) is 0 Å². The Kier molecular flexibility index (Phi) is 7.19. The van der Waals surface area contributed by atoms with E-state index in [1.165, 1.54) is 13.0 Å². The summed E-state index contributed by atoms with van der Waals surface area (Å²) in [6.07, 6.45) is 2.92. The molecule has 0 radical (unpaired) electrons. The molecule has 7 heteroatoms. The molecule has 0 atom stereocenters. The molecule has 31 heavy (non-hydrogen) atoms. The van der Waals surface area contributed by atoms with Crippen molar-refractivity contribution in [2.75, 3.05) is 10.6 Å². The number of hydrogen-bond donors (Lipinski definition) is 2. The number of carbonyl (C=O) groups excluding carboxylic acids is 3. The first-order valence-electron chi connectivity index (χ1n) is 9.34. The van der Waals surface area contributed by atoms with Gasteiger partial charge in [-0.15, -0.1) is 0 Å². The number of rotatable bonds is 6. The van der Waals surface area contributed by atoms with Crippen molar-refractivity contribution in [3.8, 4) is 5.75 Å². The number of carbonyl (C=O) groups is 3. The minimum atomic E-state index is -0.543. The normalized spacial score (nSPS) is 10.5. The zero-order chi connectivity index (χ0) is 22.2. The molecule has 3 rings (SSSR count). The van der Waals surface area contributed by atoms with Crippen molar-refractivity contribution < 1.29 is 19.1 Å². The van der Waals surface area contributed by atoms with E-state index in [-0.39, 0.29) is 11.8 Å². The zero-order valence-electron chi connectivity index (χ0n) is 16.6. The Labute approximate surface area is 184 Å². The Bertz CT molecular complexity index is 1120. The van der Waals surface area contributed by atoms with Crippen LogP contribution in [-0.4, -0.2) is 17.8 Å². The van der Waals surface area contributed by atoms with Crippen LogP contribution in [0.15, 0.2) is 78.9 Å². The average molecular weight is 435 g/mol. The number of halogens is 1. The Hall–Kier alpha value is -3.90. The van der Waals surface area contributed by atoms with E-state index >= 15 is 0 Å². The van der Waals surface area contributed by atoms with Crippen LogP contribution in [0.2, 0.25) is 5.02 Å². The van der Waals surface area contributed by atoms with Gasteiger partial charge in [-0.1, -0.05) is 35.9 Å². The van der Waals surface area contributed by atoms with Crippen molar-refractivity contribution in [1.82, 2.24) is 0 Å². The van der Waals surface area contributed by atoms with Gasteiger partial charge in [0.15, 0.2) is 0 Å². The van der Waals surface area contributed by atoms with Crippen molar-refractivity contribution in [2.24, 2.45) is 0 Å². The highest BCUT2D eigenvalue weighted by Gasteiger charge is 2.10. The molecule has 0 spiro atoms. The molecular weight excluding hydrogens is 416 g/mol. The summed E-state index contributed by atoms with van der Waals surface area (Å²) in [6.45, 7) is 1.43. The SMILES string of the molecule is CC(=O)Nc1ccc(/C=C/C(=O)Oc2ccc(NC(=O)c3ccccc3Cl)cc2)cc1. The van der Waals surface area contributed by atoms with Crippen LogP contribution >= 0.6 is 11.6 Å². The minimum Gasteiger partial charge on any atom is -0.423 e. The van der Waals surface area contributed by atoms with Gasteiger partial charge >= 0.3 is 5.97 Å². The van der Waals surface area contributed by atoms with E-state index in [0.29, 0.717) is 27.7 Å². The highest BCUT2D eigenvalue weighted by Crippen LogP contribution is 2.20. The van der Waals surface area contributed by atoms with Crippen LogP contribution in [0.4, 0.5) is 11.4 Å². The fraction of sp³-hybridized carbons (Fsp3) is 0.0417. The molecule has 156 valence electrons. The third-order valence-corrected chi connectivity index (χ3v) is 4.42. The van der Waals surface area contributed by atoms with Crippen molar-refractivity contribution in [3.05, 3.63) is 95.0 Å². The second-order valence-corrected chi connectivity index (χ2v) is 6.92. The third kappa shape index (κ3) is 6.55. The molecule has 0 aliphatic heterocycles. The third-order valence-electron chi connectivity index (χ3n) is 4.09. The molecule has 0 saturated carbocycles. The molecule has 0 bridgehead atoms. The second kappa shape index (κ2) is 10.2. The van der Waals surface area contributed by atoms with Gasteiger partial charge in [0.2, 0.25) is 5.91 Å². The maximum Gasteiger partial charge on any atom is 0.336 e. The van der Waals surface area contributed by atoms with E-state index < -0.39 is 5.97 Å². The highest BCUT2D eigenvalue weighted by atomic mass is 35.5. The van der Waals surface area contributed by atoms with Crippen molar-refractivity contribution in [2.45, 2.75) is 6.92 Å². The summed E-state index contributed by atoms with van der Waals surface area (Å²) in [5.41, 5.74) is 2.37. The Morgan fingerprint density at radius 1 is 0.839 bits per heavy atom. The Balaban J connectivity index is 1.55. The van der Waals surface area contributed by atoms with Crippen molar-refractivity contribution >= 4 is 46.8 Å². The first kappa shape index (κ1) is 21.8. The molecule has 6 nitrogen and oxygen atoms in total. The van der Waals surface area contributed by atoms with E-state index in [1.807, 2.05) is 0 Å². The lowest BCUT2D eigenvalue weighted by atomic mass is 10.2. The van der Waals surface area contributed by atoms with Gasteiger partial charge in [-0.2, -0.15) is 0 Å². The van der Waals surface area contributed by atoms with Gasteiger partial charge in [-0.3, -0.25) is 9.59 Å². The fourth-order valence-electron chi connectivity index (χ4n) is 2.65. The quantitative estimate of drug-likeness (QED) is 0.318. The Morgan fingerprint density at radius 2 is 1.45 bits per heavy atom. The van der Waals surface area contributed by atoms with E-state index in [0.717, 1.165) is 5.56 Å². The van der Waals surface area contributed by atoms with Crippen molar-refractivity contribution in [3.63, 3.8) is 0 Å². The first-order chi connectivity index (χ1) is 14.9. The molecule has 0 fully saturated rings. The van der Waals surface area contributed by atoms with Crippen LogP contribution in [0.3, 0.4) is 0 Å². The lowest BCUT2D eigenvalue weighted by Gasteiger charge is -2.07. The summed E-state index contributed by atoms with van der Waals surface area (Å²) in [5.74, 6) is -0.686. The van der Waals surface area contributed by atoms with Gasteiger partial charge in [-0.05, 0) is 60.2 Å².